The molecule has 1 unspecified atom stereocenters. The number of rotatable bonds is 10. The Balaban J connectivity index is 1.01. The second-order valence-corrected chi connectivity index (χ2v) is 24.4. The molecule has 1 saturated heterocycles. The number of fused-ring (bicyclic) bond motifs is 7. The van der Waals surface area contributed by atoms with Crippen molar-refractivity contribution >= 4 is 33.1 Å². The molecule has 7 aliphatic rings. The number of allylic oxidation sites excluding steroid dienone is 5. The molecule has 0 amide bonds. The largest absolute Gasteiger partial charge is 0.481 e. The van der Waals surface area contributed by atoms with E-state index in [0.29, 0.717) is 48.3 Å². The number of hydrogen-bond donors (Lipinski definition) is 2. The summed E-state index contributed by atoms with van der Waals surface area (Å²) in [6.07, 6.45) is 19.6. The molecule has 6 aliphatic carbocycles. The predicted octanol–water partition coefficient (Wildman–Crippen LogP) is 8.67. The van der Waals surface area contributed by atoms with Crippen molar-refractivity contribution in [1.29, 1.82) is 0 Å². The van der Waals surface area contributed by atoms with Crippen LogP contribution in [-0.2, 0) is 14.3 Å². The molecule has 8 nitrogen and oxygen atoms in total. The lowest BCUT2D eigenvalue weighted by molar-refractivity contribution is -0.221. The quantitative estimate of drug-likeness (QED) is 0.179. The van der Waals surface area contributed by atoms with E-state index in [1.165, 1.54) is 68.1 Å². The minimum atomic E-state index is -1.87. The van der Waals surface area contributed by atoms with Crippen LogP contribution >= 0.6 is 11.7 Å². The number of carbonyl (C=O) groups is 1. The molecule has 4 saturated carbocycles. The zero-order chi connectivity index (χ0) is 39.9. The van der Waals surface area contributed by atoms with E-state index in [9.17, 15) is 14.1 Å². The van der Waals surface area contributed by atoms with Gasteiger partial charge in [-0.1, -0.05) is 58.9 Å². The van der Waals surface area contributed by atoms with Crippen LogP contribution in [0.5, 0.6) is 5.88 Å². The van der Waals surface area contributed by atoms with Crippen LogP contribution in [0.4, 0.5) is 0 Å². The topological polar surface area (TPSA) is 105 Å². The number of aliphatic carboxylic acids is 1. The molecule has 0 radical (unpaired) electrons. The smallest absolute Gasteiger partial charge is 0.313 e. The van der Waals surface area contributed by atoms with Crippen LogP contribution in [0.3, 0.4) is 0 Å². The van der Waals surface area contributed by atoms with Gasteiger partial charge in [0.05, 0.1) is 11.7 Å². The number of nitrogens with zero attached hydrogens (tertiary/aromatic N) is 3. The summed E-state index contributed by atoms with van der Waals surface area (Å²) in [7, 11) is -1.87. The molecule has 10 heteroatoms. The second kappa shape index (κ2) is 14.3. The van der Waals surface area contributed by atoms with E-state index in [4.69, 9.17) is 4.74 Å². The van der Waals surface area contributed by atoms with Gasteiger partial charge >= 0.3 is 5.97 Å². The molecular formula is C46H70N4O4S2. The molecule has 1 aromatic heterocycles. The van der Waals surface area contributed by atoms with E-state index < -0.39 is 20.9 Å². The van der Waals surface area contributed by atoms with Crippen LogP contribution in [0.2, 0.25) is 0 Å². The Labute approximate surface area is 342 Å². The summed E-state index contributed by atoms with van der Waals surface area (Å²) in [5.74, 6) is 8.27. The summed E-state index contributed by atoms with van der Waals surface area (Å²) >= 11 is 1.08. The first kappa shape index (κ1) is 40.8. The minimum Gasteiger partial charge on any atom is -0.481 e. The third-order valence-electron chi connectivity index (χ3n) is 18.4. The van der Waals surface area contributed by atoms with E-state index in [1.807, 2.05) is 0 Å². The van der Waals surface area contributed by atoms with E-state index >= 15 is 0 Å². The van der Waals surface area contributed by atoms with Gasteiger partial charge in [0, 0.05) is 43.2 Å². The first-order valence-electron chi connectivity index (χ1n) is 21.9. The molecule has 2 N–H and O–H groups in total. The second-order valence-electron chi connectivity index (χ2n) is 21.1. The molecule has 8 rings (SSSR count). The Bertz CT molecular complexity index is 1860. The predicted molar refractivity (Wildman–Crippen MR) is 230 cm³/mol. The molecule has 56 heavy (non-hydrogen) atoms. The van der Waals surface area contributed by atoms with Gasteiger partial charge in [-0.15, -0.1) is 4.37 Å². The average Bonchev–Trinajstić information content (AvgIpc) is 3.81. The lowest BCUT2D eigenvalue weighted by Gasteiger charge is -2.72. The standard InChI is InChI=1S/C46H70N4O4S2/c1-31(2)33-13-20-46(47-23-24-50-25-27-56(8,53)28-26-50)22-21-43(6)35(39(33)46)9-10-37-42(5)16-14-34(41(3,4)36(42)15-17-44(37,43)7)32-11-18-45(19-12-32,40(51)52)30-54-38-29-48-55-49-38/h11,14,29,33,35-37,39,47H,1,8-10,12-13,15-28,30H2,2-7H3,(H,51,52)/t33-,35+,36-,37+,39+,42-,43+,44+,45?,46-/m0/s1. The van der Waals surface area contributed by atoms with Crippen LogP contribution in [0.15, 0.2) is 41.6 Å². The normalized spacial score (nSPS) is 42.9. The summed E-state index contributed by atoms with van der Waals surface area (Å²) in [5.41, 5.74) is 4.29. The average molecular weight is 807 g/mol. The van der Waals surface area contributed by atoms with Gasteiger partial charge < -0.3 is 20.1 Å². The van der Waals surface area contributed by atoms with Gasteiger partial charge in [0.2, 0.25) is 5.88 Å². The third-order valence-corrected chi connectivity index (χ3v) is 20.7. The molecule has 310 valence electrons. The summed E-state index contributed by atoms with van der Waals surface area (Å²) in [4.78, 5) is 15.2. The Morgan fingerprint density at radius 1 is 1.00 bits per heavy atom. The van der Waals surface area contributed by atoms with Gasteiger partial charge in [-0.2, -0.15) is 4.37 Å². The van der Waals surface area contributed by atoms with Gasteiger partial charge in [0.15, 0.2) is 0 Å². The first-order chi connectivity index (χ1) is 26.4. The molecule has 1 aliphatic heterocycles. The molecule has 2 heterocycles. The first-order valence-corrected chi connectivity index (χ1v) is 24.7. The van der Waals surface area contributed by atoms with E-state index in [-0.39, 0.29) is 33.8 Å². The molecule has 1 aromatic rings. The van der Waals surface area contributed by atoms with Crippen LogP contribution in [0.25, 0.3) is 0 Å². The fourth-order valence-corrected chi connectivity index (χ4v) is 16.8. The highest BCUT2D eigenvalue weighted by atomic mass is 32.2. The van der Waals surface area contributed by atoms with E-state index in [0.717, 1.165) is 62.3 Å². The zero-order valence-corrected chi connectivity index (χ0v) is 36.9. The number of hydrogen-bond acceptors (Lipinski definition) is 8. The molecular weight excluding hydrogens is 737 g/mol. The number of nitrogens with one attached hydrogen (secondary N) is 1. The summed E-state index contributed by atoms with van der Waals surface area (Å²) < 4.78 is 26.5. The van der Waals surface area contributed by atoms with Gasteiger partial charge in [-0.25, -0.2) is 0 Å². The van der Waals surface area contributed by atoms with E-state index in [1.54, 1.807) is 6.20 Å². The Hall–Kier alpha value is -2.01. The van der Waals surface area contributed by atoms with Gasteiger partial charge in [0.25, 0.3) is 0 Å². The fraction of sp³-hybridized carbons (Fsp3) is 0.783. The maximum atomic E-state index is 12.6. The molecule has 0 spiro atoms. The van der Waals surface area contributed by atoms with Crippen molar-refractivity contribution in [2.75, 3.05) is 44.3 Å². The van der Waals surface area contributed by atoms with Crippen LogP contribution in [0.1, 0.15) is 119 Å². The maximum Gasteiger partial charge on any atom is 0.313 e. The monoisotopic (exact) mass is 806 g/mol. The minimum absolute atomic E-state index is 0.0184. The molecule has 5 fully saturated rings. The number of aromatic nitrogens is 2. The van der Waals surface area contributed by atoms with Crippen LogP contribution in [-0.4, -0.2) is 84.6 Å². The highest BCUT2D eigenvalue weighted by Gasteiger charge is 2.70. The van der Waals surface area contributed by atoms with Crippen molar-refractivity contribution in [3.8, 4) is 5.88 Å². The van der Waals surface area contributed by atoms with Crippen molar-refractivity contribution in [3.05, 3.63) is 41.6 Å². The molecule has 0 aromatic carbocycles. The van der Waals surface area contributed by atoms with Gasteiger partial charge in [0.1, 0.15) is 18.2 Å². The summed E-state index contributed by atoms with van der Waals surface area (Å²) in [5, 5.41) is 14.7. The number of carboxylic acid groups (broad SMARTS) is 1. The summed E-state index contributed by atoms with van der Waals surface area (Å²) in [6, 6.07) is 0. The lowest BCUT2D eigenvalue weighted by atomic mass is 9.33. The fourth-order valence-electron chi connectivity index (χ4n) is 15.1. The Morgan fingerprint density at radius 3 is 2.43 bits per heavy atom. The van der Waals surface area contributed by atoms with Crippen LogP contribution in [0, 0.1) is 56.7 Å². The van der Waals surface area contributed by atoms with E-state index in [2.05, 4.69) is 85.1 Å². The highest BCUT2D eigenvalue weighted by Crippen LogP contribution is 2.76. The zero-order valence-electron chi connectivity index (χ0n) is 35.3. The van der Waals surface area contributed by atoms with Gasteiger partial charge in [-0.3, -0.25) is 9.00 Å². The van der Waals surface area contributed by atoms with Crippen molar-refractivity contribution < 1.29 is 18.8 Å². The molecule has 0 bridgehead atoms. The number of carboxylic acids is 1. The summed E-state index contributed by atoms with van der Waals surface area (Å²) in [6.45, 7) is 24.1. The van der Waals surface area contributed by atoms with Crippen molar-refractivity contribution in [3.63, 3.8) is 0 Å². The van der Waals surface area contributed by atoms with Gasteiger partial charge in [-0.05, 0) is 162 Å². The van der Waals surface area contributed by atoms with Crippen molar-refractivity contribution in [2.24, 2.45) is 56.7 Å². The SMILES string of the molecule is C=C(C)[C@@H]1CC[C@]2(NCCN3CCS(=C)(=O)CC3)CC[C@]3(C)[C@H](CC[C@@H]4[C@@]5(C)CC=C(C6=CCC(COc7cnsn7)(C(=O)O)CC6)C(C)(C)[C@@H]5CC[C@]43C)[C@@H]12. The van der Waals surface area contributed by atoms with Crippen molar-refractivity contribution in [2.45, 2.75) is 124 Å². The maximum absolute atomic E-state index is 12.6. The number of ether oxygens (including phenoxy) is 1. The lowest BCUT2D eigenvalue weighted by Crippen LogP contribution is -2.68. The molecule has 10 atom stereocenters. The highest BCUT2D eigenvalue weighted by molar-refractivity contribution is 8.00. The third kappa shape index (κ3) is 6.43. The van der Waals surface area contributed by atoms with Crippen LogP contribution < -0.4 is 10.1 Å². The Morgan fingerprint density at radius 2 is 1.77 bits per heavy atom. The Kier molecular flexibility index (Phi) is 10.4. The van der Waals surface area contributed by atoms with Crippen molar-refractivity contribution in [1.82, 2.24) is 19.0 Å².